The van der Waals surface area contributed by atoms with Crippen molar-refractivity contribution in [3.05, 3.63) is 0 Å². The van der Waals surface area contributed by atoms with Crippen LogP contribution in [0.5, 0.6) is 0 Å². The van der Waals surface area contributed by atoms with Gasteiger partial charge in [-0.15, -0.1) is 0 Å². The zero-order valence-electron chi connectivity index (χ0n) is 11.5. The molecule has 3 heteroatoms. The molecule has 0 radical (unpaired) electrons. The molecule has 0 aliphatic carbocycles. The fraction of sp³-hybridized carbons (Fsp3) is 0.933. The van der Waals surface area contributed by atoms with Crippen LogP contribution in [0, 0.1) is 11.8 Å². The molecule has 102 valence electrons. The molecular weight excluding hydrogens is 224 g/mol. The van der Waals surface area contributed by atoms with Crippen LogP contribution in [0.2, 0.25) is 0 Å². The van der Waals surface area contributed by atoms with E-state index < -0.39 is 0 Å². The number of rotatable bonds is 2. The molecule has 0 aromatic heterocycles. The number of hydrogen-bond donors (Lipinski definition) is 1. The third-order valence-corrected chi connectivity index (χ3v) is 5.04. The molecule has 3 aliphatic rings. The molecule has 3 saturated heterocycles. The lowest BCUT2D eigenvalue weighted by atomic mass is 9.89. The van der Waals surface area contributed by atoms with Crippen LogP contribution < -0.4 is 5.32 Å². The Kier molecular flexibility index (Phi) is 3.60. The second kappa shape index (κ2) is 5.20. The Bertz CT molecular complexity index is 306. The summed E-state index contributed by atoms with van der Waals surface area (Å²) in [5.41, 5.74) is 0. The summed E-state index contributed by atoms with van der Waals surface area (Å²) in [6.07, 6.45) is 8.41. The second-order valence-electron chi connectivity index (χ2n) is 6.77. The fourth-order valence-electron chi connectivity index (χ4n) is 4.13. The standard InChI is InChI=1S/C15H26N2O/c1-11-3-2-6-17(10-11)15(18)9-12-7-13-4-5-14(8-12)16-13/h11-14,16H,2-10H2,1H3. The predicted molar refractivity (Wildman–Crippen MR) is 72.3 cm³/mol. The molecule has 3 aliphatic heterocycles. The molecule has 1 amide bonds. The maximum atomic E-state index is 12.4. The Morgan fingerprint density at radius 1 is 1.22 bits per heavy atom. The molecule has 0 saturated carbocycles. The van der Waals surface area contributed by atoms with Crippen molar-refractivity contribution in [2.24, 2.45) is 11.8 Å². The maximum Gasteiger partial charge on any atom is 0.222 e. The van der Waals surface area contributed by atoms with Crippen LogP contribution in [0.4, 0.5) is 0 Å². The van der Waals surface area contributed by atoms with Gasteiger partial charge in [0.2, 0.25) is 5.91 Å². The predicted octanol–water partition coefficient (Wildman–Crippen LogP) is 2.17. The maximum absolute atomic E-state index is 12.4. The van der Waals surface area contributed by atoms with E-state index in [0.717, 1.165) is 19.5 Å². The Labute approximate surface area is 110 Å². The van der Waals surface area contributed by atoms with Gasteiger partial charge < -0.3 is 10.2 Å². The van der Waals surface area contributed by atoms with E-state index in [1.807, 2.05) is 0 Å². The zero-order valence-corrected chi connectivity index (χ0v) is 11.5. The van der Waals surface area contributed by atoms with Crippen LogP contribution in [0.1, 0.15) is 51.9 Å². The lowest BCUT2D eigenvalue weighted by molar-refractivity contribution is -0.134. The number of nitrogens with zero attached hydrogens (tertiary/aromatic N) is 1. The molecule has 3 fully saturated rings. The number of piperidine rings is 2. The highest BCUT2D eigenvalue weighted by Crippen LogP contribution is 2.33. The average Bonchev–Trinajstić information content (AvgIpc) is 2.69. The Hall–Kier alpha value is -0.570. The van der Waals surface area contributed by atoms with Crippen LogP contribution >= 0.6 is 0 Å². The highest BCUT2D eigenvalue weighted by Gasteiger charge is 2.35. The topological polar surface area (TPSA) is 32.3 Å². The van der Waals surface area contributed by atoms with Gasteiger partial charge in [-0.3, -0.25) is 4.79 Å². The number of carbonyl (C=O) groups excluding carboxylic acids is 1. The summed E-state index contributed by atoms with van der Waals surface area (Å²) in [4.78, 5) is 14.5. The van der Waals surface area contributed by atoms with E-state index in [2.05, 4.69) is 17.1 Å². The van der Waals surface area contributed by atoms with Crippen molar-refractivity contribution >= 4 is 5.91 Å². The normalized spacial score (nSPS) is 39.9. The zero-order chi connectivity index (χ0) is 12.5. The van der Waals surface area contributed by atoms with E-state index in [9.17, 15) is 4.79 Å². The summed E-state index contributed by atoms with van der Waals surface area (Å²) >= 11 is 0. The summed E-state index contributed by atoms with van der Waals surface area (Å²) in [7, 11) is 0. The van der Waals surface area contributed by atoms with Crippen molar-refractivity contribution in [1.82, 2.24) is 10.2 Å². The van der Waals surface area contributed by atoms with Gasteiger partial charge in [0.05, 0.1) is 0 Å². The Balaban J connectivity index is 1.51. The van der Waals surface area contributed by atoms with Gasteiger partial charge in [0.25, 0.3) is 0 Å². The van der Waals surface area contributed by atoms with Crippen molar-refractivity contribution in [3.8, 4) is 0 Å². The highest BCUT2D eigenvalue weighted by atomic mass is 16.2. The molecule has 3 nitrogen and oxygen atoms in total. The minimum Gasteiger partial charge on any atom is -0.342 e. The number of nitrogens with one attached hydrogen (secondary N) is 1. The SMILES string of the molecule is CC1CCCN(C(=O)CC2CC3CCC(C2)N3)C1. The van der Waals surface area contributed by atoms with Gasteiger partial charge in [0, 0.05) is 31.6 Å². The van der Waals surface area contributed by atoms with E-state index in [0.29, 0.717) is 29.8 Å². The summed E-state index contributed by atoms with van der Waals surface area (Å²) in [5.74, 6) is 1.77. The smallest absolute Gasteiger partial charge is 0.222 e. The van der Waals surface area contributed by atoms with Crippen LogP contribution in [-0.2, 0) is 4.79 Å². The highest BCUT2D eigenvalue weighted by molar-refractivity contribution is 5.76. The van der Waals surface area contributed by atoms with Crippen LogP contribution in [0.25, 0.3) is 0 Å². The first kappa shape index (κ1) is 12.5. The molecule has 3 atom stereocenters. The van der Waals surface area contributed by atoms with Crippen LogP contribution in [0.3, 0.4) is 0 Å². The molecule has 18 heavy (non-hydrogen) atoms. The first-order valence-electron chi connectivity index (χ1n) is 7.74. The average molecular weight is 250 g/mol. The van der Waals surface area contributed by atoms with Gasteiger partial charge in [-0.2, -0.15) is 0 Å². The number of hydrogen-bond acceptors (Lipinski definition) is 2. The largest absolute Gasteiger partial charge is 0.342 e. The molecule has 2 bridgehead atoms. The van der Waals surface area contributed by atoms with Gasteiger partial charge in [0.1, 0.15) is 0 Å². The van der Waals surface area contributed by atoms with Gasteiger partial charge in [0.15, 0.2) is 0 Å². The first-order valence-corrected chi connectivity index (χ1v) is 7.74. The first-order chi connectivity index (χ1) is 8.70. The van der Waals surface area contributed by atoms with Crippen LogP contribution in [-0.4, -0.2) is 36.0 Å². The number of amides is 1. The minimum atomic E-state index is 0.424. The molecule has 3 unspecified atom stereocenters. The quantitative estimate of drug-likeness (QED) is 0.814. The third kappa shape index (κ3) is 2.71. The van der Waals surface area contributed by atoms with Gasteiger partial charge >= 0.3 is 0 Å². The van der Waals surface area contributed by atoms with Gasteiger partial charge in [-0.05, 0) is 50.4 Å². The molecule has 3 rings (SSSR count). The molecule has 0 aromatic carbocycles. The lowest BCUT2D eigenvalue weighted by Gasteiger charge is -2.34. The third-order valence-electron chi connectivity index (χ3n) is 5.04. The molecule has 1 N–H and O–H groups in total. The fourth-order valence-corrected chi connectivity index (χ4v) is 4.13. The Morgan fingerprint density at radius 2 is 1.94 bits per heavy atom. The monoisotopic (exact) mass is 250 g/mol. The van der Waals surface area contributed by atoms with Crippen molar-refractivity contribution < 1.29 is 4.79 Å². The van der Waals surface area contributed by atoms with Crippen molar-refractivity contribution in [2.45, 2.75) is 64.0 Å². The molecular formula is C15H26N2O. The van der Waals surface area contributed by atoms with E-state index >= 15 is 0 Å². The summed E-state index contributed by atoms with van der Waals surface area (Å²) in [5, 5.41) is 3.66. The number of carbonyl (C=O) groups is 1. The van der Waals surface area contributed by atoms with E-state index in [1.165, 1.54) is 38.5 Å². The lowest BCUT2D eigenvalue weighted by Crippen LogP contribution is -2.43. The van der Waals surface area contributed by atoms with Crippen LogP contribution in [0.15, 0.2) is 0 Å². The van der Waals surface area contributed by atoms with E-state index in [-0.39, 0.29) is 0 Å². The number of fused-ring (bicyclic) bond motifs is 2. The van der Waals surface area contributed by atoms with Crippen molar-refractivity contribution in [2.75, 3.05) is 13.1 Å². The van der Waals surface area contributed by atoms with Crippen molar-refractivity contribution in [3.63, 3.8) is 0 Å². The summed E-state index contributed by atoms with van der Waals surface area (Å²) < 4.78 is 0. The summed E-state index contributed by atoms with van der Waals surface area (Å²) in [6, 6.07) is 1.42. The van der Waals surface area contributed by atoms with Gasteiger partial charge in [-0.1, -0.05) is 6.92 Å². The summed E-state index contributed by atoms with van der Waals surface area (Å²) in [6.45, 7) is 4.27. The minimum absolute atomic E-state index is 0.424. The Morgan fingerprint density at radius 3 is 2.61 bits per heavy atom. The molecule has 3 heterocycles. The molecule has 0 spiro atoms. The van der Waals surface area contributed by atoms with E-state index in [1.54, 1.807) is 0 Å². The van der Waals surface area contributed by atoms with E-state index in [4.69, 9.17) is 0 Å². The van der Waals surface area contributed by atoms with Crippen molar-refractivity contribution in [1.29, 1.82) is 0 Å². The molecule has 0 aromatic rings. The second-order valence-corrected chi connectivity index (χ2v) is 6.77. The van der Waals surface area contributed by atoms with Gasteiger partial charge in [-0.25, -0.2) is 0 Å². The number of likely N-dealkylation sites (tertiary alicyclic amines) is 1.